The lowest BCUT2D eigenvalue weighted by Gasteiger charge is -2.22. The Morgan fingerprint density at radius 1 is 1.21 bits per heavy atom. The average Bonchev–Trinajstić information content (AvgIpc) is 2.66. The number of benzene rings is 1. The van der Waals surface area contributed by atoms with E-state index >= 15 is 0 Å². The molecule has 10 heteroatoms. The average molecular weight is 419 g/mol. The van der Waals surface area contributed by atoms with Crippen LogP contribution < -0.4 is 14.6 Å². The number of nitrogens with zero attached hydrogens (tertiary/aromatic N) is 2. The summed E-state index contributed by atoms with van der Waals surface area (Å²) in [6.45, 7) is 2.39. The van der Waals surface area contributed by atoms with Gasteiger partial charge in [-0.2, -0.15) is 13.2 Å². The van der Waals surface area contributed by atoms with Crippen molar-refractivity contribution in [1.29, 1.82) is 0 Å². The molecule has 28 heavy (non-hydrogen) atoms. The third kappa shape index (κ3) is 5.74. The van der Waals surface area contributed by atoms with Gasteiger partial charge in [-0.25, -0.2) is 4.98 Å². The van der Waals surface area contributed by atoms with Gasteiger partial charge in [-0.1, -0.05) is 18.5 Å². The van der Waals surface area contributed by atoms with Crippen molar-refractivity contribution < 1.29 is 32.3 Å². The lowest BCUT2D eigenvalue weighted by atomic mass is 10.3. The van der Waals surface area contributed by atoms with Crippen LogP contribution in [0, 0.1) is 0 Å². The van der Waals surface area contributed by atoms with Gasteiger partial charge >= 0.3 is 6.18 Å². The quantitative estimate of drug-likeness (QED) is 0.466. The Morgan fingerprint density at radius 2 is 1.89 bits per heavy atom. The summed E-state index contributed by atoms with van der Waals surface area (Å²) in [6, 6.07) is 7.05. The Morgan fingerprint density at radius 3 is 2.43 bits per heavy atom. The number of carbonyl (C=O) groups excluding carboxylic acids is 1. The molecule has 0 fully saturated rings. The second-order valence-corrected chi connectivity index (χ2v) is 5.88. The second kappa shape index (κ2) is 9.61. The molecule has 0 radical (unpaired) electrons. The Hall–Kier alpha value is -2.52. The first kappa shape index (κ1) is 21.8. The SMILES string of the molecule is CCC(=O)N(Oc1ncc(C(F)(F)F)cc1Cl)c1ccc(OCCOC)cc1. The Kier molecular flexibility index (Phi) is 7.47. The summed E-state index contributed by atoms with van der Waals surface area (Å²) in [5.74, 6) is -0.210. The number of hydroxylamine groups is 1. The largest absolute Gasteiger partial charge is 0.491 e. The van der Waals surface area contributed by atoms with Gasteiger partial charge in [0.25, 0.3) is 11.8 Å². The van der Waals surface area contributed by atoms with E-state index in [1.165, 1.54) is 0 Å². The molecule has 0 saturated carbocycles. The lowest BCUT2D eigenvalue weighted by Crippen LogP contribution is -2.34. The van der Waals surface area contributed by atoms with Crippen LogP contribution in [0.15, 0.2) is 36.5 Å². The van der Waals surface area contributed by atoms with E-state index in [4.69, 9.17) is 25.9 Å². The molecular formula is C18H18ClF3N2O4. The number of hydrogen-bond donors (Lipinski definition) is 0. The summed E-state index contributed by atoms with van der Waals surface area (Å²) in [6.07, 6.45) is -3.92. The molecule has 0 unspecified atom stereocenters. The Balaban J connectivity index is 2.22. The molecule has 0 aliphatic carbocycles. The summed E-state index contributed by atoms with van der Waals surface area (Å²) >= 11 is 5.85. The second-order valence-electron chi connectivity index (χ2n) is 5.48. The van der Waals surface area contributed by atoms with Crippen molar-refractivity contribution in [3.8, 4) is 11.6 Å². The van der Waals surface area contributed by atoms with Gasteiger partial charge < -0.3 is 14.3 Å². The summed E-state index contributed by atoms with van der Waals surface area (Å²) in [7, 11) is 1.55. The predicted molar refractivity (Wildman–Crippen MR) is 96.5 cm³/mol. The molecule has 0 atom stereocenters. The van der Waals surface area contributed by atoms with Crippen molar-refractivity contribution in [1.82, 2.24) is 4.98 Å². The maximum atomic E-state index is 12.7. The number of ether oxygens (including phenoxy) is 2. The molecule has 0 aliphatic rings. The van der Waals surface area contributed by atoms with Crippen LogP contribution in [0.1, 0.15) is 18.9 Å². The summed E-state index contributed by atoms with van der Waals surface area (Å²) in [5.41, 5.74) is -0.681. The van der Waals surface area contributed by atoms with Crippen LogP contribution in [0.25, 0.3) is 0 Å². The zero-order valence-corrected chi connectivity index (χ0v) is 15.9. The Labute approximate surface area is 164 Å². The van der Waals surface area contributed by atoms with Crippen molar-refractivity contribution in [2.24, 2.45) is 0 Å². The smallest absolute Gasteiger partial charge is 0.417 e. The number of rotatable bonds is 8. The normalized spacial score (nSPS) is 11.2. The molecular weight excluding hydrogens is 401 g/mol. The highest BCUT2D eigenvalue weighted by Crippen LogP contribution is 2.34. The molecule has 1 amide bonds. The van der Waals surface area contributed by atoms with Crippen LogP contribution in [0.2, 0.25) is 5.02 Å². The molecule has 0 aliphatic heterocycles. The fourth-order valence-corrected chi connectivity index (χ4v) is 2.25. The molecule has 6 nitrogen and oxygen atoms in total. The number of methoxy groups -OCH3 is 1. The maximum Gasteiger partial charge on any atom is 0.417 e. The Bertz CT molecular complexity index is 800. The van der Waals surface area contributed by atoms with E-state index in [-0.39, 0.29) is 17.3 Å². The summed E-state index contributed by atoms with van der Waals surface area (Å²) < 4.78 is 48.5. The number of alkyl halides is 3. The molecule has 2 aromatic rings. The number of anilines is 1. The minimum Gasteiger partial charge on any atom is -0.491 e. The van der Waals surface area contributed by atoms with E-state index in [1.54, 1.807) is 38.3 Å². The molecule has 0 bridgehead atoms. The monoisotopic (exact) mass is 418 g/mol. The van der Waals surface area contributed by atoms with Crippen LogP contribution in [-0.4, -0.2) is 31.2 Å². The summed E-state index contributed by atoms with van der Waals surface area (Å²) in [5, 5.41) is 0.545. The van der Waals surface area contributed by atoms with Crippen molar-refractivity contribution in [2.75, 3.05) is 25.4 Å². The molecule has 1 heterocycles. The molecule has 0 saturated heterocycles. The van der Waals surface area contributed by atoms with Gasteiger partial charge in [-0.05, 0) is 30.3 Å². The fraction of sp³-hybridized carbons (Fsp3) is 0.333. The van der Waals surface area contributed by atoms with Gasteiger partial charge in [0, 0.05) is 19.7 Å². The number of aromatic nitrogens is 1. The number of hydrogen-bond acceptors (Lipinski definition) is 5. The van der Waals surface area contributed by atoms with Crippen molar-refractivity contribution in [3.63, 3.8) is 0 Å². The molecule has 152 valence electrons. The first-order valence-corrected chi connectivity index (χ1v) is 8.59. The van der Waals surface area contributed by atoms with E-state index in [0.29, 0.717) is 36.9 Å². The van der Waals surface area contributed by atoms with Crippen LogP contribution in [0.4, 0.5) is 18.9 Å². The predicted octanol–water partition coefficient (Wildman–Crippen LogP) is 4.52. The molecule has 0 N–H and O–H groups in total. The number of pyridine rings is 1. The van der Waals surface area contributed by atoms with Gasteiger partial charge in [0.2, 0.25) is 0 Å². The zero-order chi connectivity index (χ0) is 20.7. The summed E-state index contributed by atoms with van der Waals surface area (Å²) in [4.78, 5) is 21.2. The number of amides is 1. The third-order valence-corrected chi connectivity index (χ3v) is 3.74. The van der Waals surface area contributed by atoms with Crippen LogP contribution in [-0.2, 0) is 15.7 Å². The highest BCUT2D eigenvalue weighted by molar-refractivity contribution is 6.31. The molecule has 0 spiro atoms. The highest BCUT2D eigenvalue weighted by atomic mass is 35.5. The van der Waals surface area contributed by atoms with Crippen molar-refractivity contribution >= 4 is 23.2 Å². The van der Waals surface area contributed by atoms with Crippen LogP contribution in [0.5, 0.6) is 11.6 Å². The fourth-order valence-electron chi connectivity index (χ4n) is 2.05. The van der Waals surface area contributed by atoms with Gasteiger partial charge in [-0.3, -0.25) is 4.79 Å². The van der Waals surface area contributed by atoms with E-state index in [0.717, 1.165) is 5.06 Å². The first-order valence-electron chi connectivity index (χ1n) is 8.21. The molecule has 1 aromatic carbocycles. The van der Waals surface area contributed by atoms with Crippen LogP contribution in [0.3, 0.4) is 0 Å². The lowest BCUT2D eigenvalue weighted by molar-refractivity contribution is -0.138. The highest BCUT2D eigenvalue weighted by Gasteiger charge is 2.32. The minimum atomic E-state index is -4.59. The van der Waals surface area contributed by atoms with Gasteiger partial charge in [0.05, 0.1) is 17.9 Å². The molecule has 2 rings (SSSR count). The van der Waals surface area contributed by atoms with Crippen molar-refractivity contribution in [3.05, 3.63) is 47.1 Å². The first-order chi connectivity index (χ1) is 13.3. The van der Waals surface area contributed by atoms with E-state index in [1.807, 2.05) is 0 Å². The van der Waals surface area contributed by atoms with Gasteiger partial charge in [0.15, 0.2) is 0 Å². The van der Waals surface area contributed by atoms with E-state index < -0.39 is 17.6 Å². The topological polar surface area (TPSA) is 60.9 Å². The zero-order valence-electron chi connectivity index (χ0n) is 15.1. The number of carbonyl (C=O) groups is 1. The van der Waals surface area contributed by atoms with E-state index in [9.17, 15) is 18.0 Å². The van der Waals surface area contributed by atoms with Gasteiger partial charge in [-0.15, -0.1) is 5.06 Å². The van der Waals surface area contributed by atoms with E-state index in [2.05, 4.69) is 4.98 Å². The maximum absolute atomic E-state index is 12.7. The van der Waals surface area contributed by atoms with Gasteiger partial charge in [0.1, 0.15) is 17.4 Å². The molecule has 1 aromatic heterocycles. The standard InChI is InChI=1S/C18H18ClF3N2O4/c1-3-16(25)24(13-4-6-14(7-5-13)27-9-8-26-2)28-17-15(19)10-12(11-23-17)18(20,21)22/h4-7,10-11H,3,8-9H2,1-2H3. The van der Waals surface area contributed by atoms with Crippen molar-refractivity contribution in [2.45, 2.75) is 19.5 Å². The minimum absolute atomic E-state index is 0.0876. The van der Waals surface area contributed by atoms with Crippen LogP contribution >= 0.6 is 11.6 Å². The third-order valence-electron chi connectivity index (χ3n) is 3.47. The number of halogens is 4.